The van der Waals surface area contributed by atoms with E-state index in [2.05, 4.69) is 18.2 Å². The Morgan fingerprint density at radius 3 is 2.07 bits per heavy atom. The summed E-state index contributed by atoms with van der Waals surface area (Å²) in [6.07, 6.45) is 0. The third kappa shape index (κ3) is 1.26. The van der Waals surface area contributed by atoms with Gasteiger partial charge in [-0.2, -0.15) is 0 Å². The van der Waals surface area contributed by atoms with E-state index in [1.807, 2.05) is 20.8 Å². The highest BCUT2D eigenvalue weighted by Gasteiger charge is 2.35. The van der Waals surface area contributed by atoms with E-state index in [9.17, 15) is 0 Å². The predicted octanol–water partition coefficient (Wildman–Crippen LogP) is 2.91. The van der Waals surface area contributed by atoms with Crippen LogP contribution in [0.2, 0.25) is 0 Å². The fraction of sp³-hybridized carbons (Fsp3) is 0.500. The van der Waals surface area contributed by atoms with Gasteiger partial charge in [0.1, 0.15) is 0 Å². The fourth-order valence-electron chi connectivity index (χ4n) is 1.91. The third-order valence-corrected chi connectivity index (χ3v) is 2.66. The molecular formula is C12H16O2. The number of rotatable bonds is 5. The fourth-order valence-corrected chi connectivity index (χ4v) is 1.91. The maximum absolute atomic E-state index is 5.67. The minimum absolute atomic E-state index is 0.549. The molecule has 0 N–H and O–H groups in total. The lowest BCUT2D eigenvalue weighted by Gasteiger charge is -2.36. The quantitative estimate of drug-likeness (QED) is 0.678. The first-order valence-electron chi connectivity index (χ1n) is 5.14. The van der Waals surface area contributed by atoms with Crippen LogP contribution >= 0.6 is 0 Å². The molecule has 0 aromatic rings. The zero-order valence-corrected chi connectivity index (χ0v) is 8.96. The first kappa shape index (κ1) is 9.69. The number of ether oxygens (including phenoxy) is 2. The molecule has 0 aromatic heterocycles. The molecule has 0 unspecified atom stereocenters. The summed E-state index contributed by atoms with van der Waals surface area (Å²) in [5.41, 5.74) is 3.80. The van der Waals surface area contributed by atoms with Crippen molar-refractivity contribution in [2.24, 2.45) is 0 Å². The molecule has 0 spiro atoms. The van der Waals surface area contributed by atoms with Crippen LogP contribution in [0.5, 0.6) is 0 Å². The first-order valence-corrected chi connectivity index (χ1v) is 5.14. The Labute approximate surface area is 84.8 Å². The maximum atomic E-state index is 5.67. The van der Waals surface area contributed by atoms with Gasteiger partial charge in [0, 0.05) is 18.8 Å². The van der Waals surface area contributed by atoms with Crippen LogP contribution < -0.4 is 0 Å². The van der Waals surface area contributed by atoms with E-state index >= 15 is 0 Å². The van der Waals surface area contributed by atoms with Crippen LogP contribution in [0.4, 0.5) is 0 Å². The van der Waals surface area contributed by atoms with Crippen molar-refractivity contribution in [3.05, 3.63) is 23.8 Å². The van der Waals surface area contributed by atoms with E-state index in [4.69, 9.17) is 9.47 Å². The highest BCUT2D eigenvalue weighted by atomic mass is 16.7. The summed E-state index contributed by atoms with van der Waals surface area (Å²) in [5.74, 6) is -0.549. The van der Waals surface area contributed by atoms with Crippen molar-refractivity contribution in [3.63, 3.8) is 0 Å². The highest BCUT2D eigenvalue weighted by molar-refractivity contribution is 5.81. The summed E-state index contributed by atoms with van der Waals surface area (Å²) in [4.78, 5) is 0. The first-order chi connectivity index (χ1) is 6.71. The van der Waals surface area contributed by atoms with E-state index in [-0.39, 0.29) is 0 Å². The second kappa shape index (κ2) is 3.37. The standard InChI is InChI=1S/C12H16O2/c1-4-13-12(3,14-5-2)11-8-9-6-7-10(9)11/h6-8H,4-5H2,1-3H3. The molecule has 2 rings (SSSR count). The molecule has 14 heavy (non-hydrogen) atoms. The summed E-state index contributed by atoms with van der Waals surface area (Å²) in [6.45, 7) is 7.30. The molecular weight excluding hydrogens is 176 g/mol. The minimum Gasteiger partial charge on any atom is -0.346 e. The Kier molecular flexibility index (Phi) is 2.33. The smallest absolute Gasteiger partial charge is 0.192 e. The van der Waals surface area contributed by atoms with Gasteiger partial charge in [-0.05, 0) is 38.0 Å². The number of fused-ring (bicyclic) bond motifs is 1. The Morgan fingerprint density at radius 1 is 1.14 bits per heavy atom. The largest absolute Gasteiger partial charge is 0.346 e. The summed E-state index contributed by atoms with van der Waals surface area (Å²) < 4.78 is 11.3. The molecule has 0 heterocycles. The highest BCUT2D eigenvalue weighted by Crippen LogP contribution is 2.44. The van der Waals surface area contributed by atoms with E-state index in [1.54, 1.807) is 0 Å². The van der Waals surface area contributed by atoms with Gasteiger partial charge in [0.2, 0.25) is 0 Å². The molecule has 0 aliphatic heterocycles. The molecule has 0 aromatic carbocycles. The van der Waals surface area contributed by atoms with Gasteiger partial charge in [0.25, 0.3) is 0 Å². The van der Waals surface area contributed by atoms with Crippen LogP contribution in [-0.2, 0) is 15.3 Å². The number of benzene rings is 1. The van der Waals surface area contributed by atoms with Gasteiger partial charge in [-0.15, -0.1) is 0 Å². The zero-order chi connectivity index (χ0) is 10.2. The summed E-state index contributed by atoms with van der Waals surface area (Å²) in [7, 11) is 0. The lowest BCUT2D eigenvalue weighted by Crippen LogP contribution is -2.32. The van der Waals surface area contributed by atoms with Crippen molar-refractivity contribution < 1.29 is 9.47 Å². The topological polar surface area (TPSA) is 18.5 Å². The van der Waals surface area contributed by atoms with Crippen molar-refractivity contribution in [2.45, 2.75) is 26.6 Å². The molecule has 2 heteroatoms. The average Bonchev–Trinajstić information content (AvgIpc) is 2.10. The van der Waals surface area contributed by atoms with Gasteiger partial charge < -0.3 is 9.47 Å². The van der Waals surface area contributed by atoms with E-state index in [1.165, 1.54) is 16.7 Å². The molecule has 2 aliphatic carbocycles. The molecule has 2 nitrogen and oxygen atoms in total. The van der Waals surface area contributed by atoms with Crippen molar-refractivity contribution >= 4 is 0 Å². The monoisotopic (exact) mass is 192 g/mol. The summed E-state index contributed by atoms with van der Waals surface area (Å²) in [6, 6.07) is 6.36. The Balaban J connectivity index is 2.21. The van der Waals surface area contributed by atoms with Crippen LogP contribution in [-0.4, -0.2) is 13.2 Å². The predicted molar refractivity (Wildman–Crippen MR) is 56.0 cm³/mol. The SMILES string of the molecule is CCOC(C)(OCC)c1cc2ccc1-2. The van der Waals surface area contributed by atoms with Gasteiger partial charge in [0.15, 0.2) is 5.79 Å². The lowest BCUT2D eigenvalue weighted by molar-refractivity contribution is -0.230. The van der Waals surface area contributed by atoms with Gasteiger partial charge in [-0.25, -0.2) is 0 Å². The molecule has 0 saturated carbocycles. The molecule has 0 radical (unpaired) electrons. The van der Waals surface area contributed by atoms with Crippen molar-refractivity contribution in [3.8, 4) is 11.1 Å². The number of hydrogen-bond acceptors (Lipinski definition) is 2. The van der Waals surface area contributed by atoms with Crippen molar-refractivity contribution in [1.82, 2.24) is 0 Å². The minimum atomic E-state index is -0.549. The van der Waals surface area contributed by atoms with E-state index < -0.39 is 5.79 Å². The van der Waals surface area contributed by atoms with Crippen LogP contribution in [0.15, 0.2) is 18.2 Å². The molecule has 0 saturated heterocycles. The molecule has 0 fully saturated rings. The summed E-state index contributed by atoms with van der Waals surface area (Å²) in [5, 5.41) is 0. The molecule has 0 atom stereocenters. The lowest BCUT2D eigenvalue weighted by atomic mass is 9.83. The molecule has 0 bridgehead atoms. The Hall–Kier alpha value is -0.860. The normalized spacial score (nSPS) is 13.1. The third-order valence-electron chi connectivity index (χ3n) is 2.66. The second-order valence-corrected chi connectivity index (χ2v) is 3.57. The van der Waals surface area contributed by atoms with Crippen LogP contribution in [0, 0.1) is 0 Å². The second-order valence-electron chi connectivity index (χ2n) is 3.57. The van der Waals surface area contributed by atoms with Crippen LogP contribution in [0.3, 0.4) is 0 Å². The van der Waals surface area contributed by atoms with Gasteiger partial charge in [0.05, 0.1) is 0 Å². The van der Waals surface area contributed by atoms with Crippen molar-refractivity contribution in [2.75, 3.05) is 13.2 Å². The average molecular weight is 192 g/mol. The Bertz CT molecular complexity index is 338. The van der Waals surface area contributed by atoms with Gasteiger partial charge in [-0.3, -0.25) is 0 Å². The molecule has 76 valence electrons. The van der Waals surface area contributed by atoms with E-state index in [0.29, 0.717) is 13.2 Å². The molecule has 2 aliphatic rings. The number of hydrogen-bond donors (Lipinski definition) is 0. The molecule has 0 amide bonds. The van der Waals surface area contributed by atoms with Gasteiger partial charge in [-0.1, -0.05) is 12.1 Å². The van der Waals surface area contributed by atoms with Gasteiger partial charge >= 0.3 is 0 Å². The van der Waals surface area contributed by atoms with Crippen LogP contribution in [0.25, 0.3) is 11.1 Å². The van der Waals surface area contributed by atoms with Crippen LogP contribution in [0.1, 0.15) is 26.3 Å². The zero-order valence-electron chi connectivity index (χ0n) is 8.96. The summed E-state index contributed by atoms with van der Waals surface area (Å²) >= 11 is 0. The van der Waals surface area contributed by atoms with Crippen molar-refractivity contribution in [1.29, 1.82) is 0 Å². The van der Waals surface area contributed by atoms with E-state index in [0.717, 1.165) is 0 Å². The maximum Gasteiger partial charge on any atom is 0.192 e. The Morgan fingerprint density at radius 2 is 1.79 bits per heavy atom.